The Balaban J connectivity index is 1.97. The summed E-state index contributed by atoms with van der Waals surface area (Å²) in [6.45, 7) is 7.64. The molecule has 3 rings (SSSR count). The van der Waals surface area contributed by atoms with Gasteiger partial charge < -0.3 is 5.32 Å². The molecule has 1 N–H and O–H groups in total. The summed E-state index contributed by atoms with van der Waals surface area (Å²) in [7, 11) is -3.92. The van der Waals surface area contributed by atoms with Gasteiger partial charge in [-0.3, -0.25) is 9.10 Å². The Morgan fingerprint density at radius 3 is 2.00 bits per heavy atom. The first-order chi connectivity index (χ1) is 14.7. The maximum Gasteiger partial charge on any atom is 0.264 e. The fourth-order valence-electron chi connectivity index (χ4n) is 3.38. The lowest BCUT2D eigenvalue weighted by Crippen LogP contribution is -2.38. The summed E-state index contributed by atoms with van der Waals surface area (Å²) >= 11 is 0. The Hall–Kier alpha value is -3.12. The van der Waals surface area contributed by atoms with Crippen molar-refractivity contribution in [2.75, 3.05) is 16.2 Å². The Labute approximate surface area is 184 Å². The van der Waals surface area contributed by atoms with Gasteiger partial charge in [0.15, 0.2) is 0 Å². The van der Waals surface area contributed by atoms with Crippen molar-refractivity contribution in [1.82, 2.24) is 0 Å². The zero-order chi connectivity index (χ0) is 22.6. The van der Waals surface area contributed by atoms with E-state index in [9.17, 15) is 13.2 Å². The van der Waals surface area contributed by atoms with E-state index in [4.69, 9.17) is 0 Å². The number of aryl methyl sites for hydroxylation is 2. The molecule has 0 saturated heterocycles. The number of nitrogens with one attached hydrogen (secondary N) is 1. The Morgan fingerprint density at radius 1 is 0.871 bits per heavy atom. The van der Waals surface area contributed by atoms with E-state index in [-0.39, 0.29) is 11.4 Å². The van der Waals surface area contributed by atoms with Crippen LogP contribution in [0.2, 0.25) is 0 Å². The van der Waals surface area contributed by atoms with Crippen LogP contribution in [-0.2, 0) is 14.8 Å². The zero-order valence-electron chi connectivity index (χ0n) is 18.3. The predicted octanol–water partition coefficient (Wildman–Crippen LogP) is 5.26. The second kappa shape index (κ2) is 9.35. The third-order valence-corrected chi connectivity index (χ3v) is 7.00. The molecule has 0 saturated carbocycles. The van der Waals surface area contributed by atoms with Crippen LogP contribution in [0.4, 0.5) is 11.4 Å². The molecule has 0 heterocycles. The van der Waals surface area contributed by atoms with Gasteiger partial charge in [0.25, 0.3) is 10.0 Å². The summed E-state index contributed by atoms with van der Waals surface area (Å²) in [6, 6.07) is 21.2. The Bertz CT molecular complexity index is 1130. The molecule has 0 atom stereocenters. The van der Waals surface area contributed by atoms with Gasteiger partial charge in [0, 0.05) is 5.69 Å². The van der Waals surface area contributed by atoms with Crippen LogP contribution in [0.15, 0.2) is 77.7 Å². The average molecular weight is 437 g/mol. The minimum Gasteiger partial charge on any atom is -0.324 e. The molecule has 0 aliphatic heterocycles. The van der Waals surface area contributed by atoms with E-state index in [0.29, 0.717) is 17.3 Å². The van der Waals surface area contributed by atoms with Crippen LogP contribution in [0.3, 0.4) is 0 Å². The Kier molecular flexibility index (Phi) is 6.81. The molecular formula is C25H28N2O3S. The lowest BCUT2D eigenvalue weighted by atomic mass is 10.0. The van der Waals surface area contributed by atoms with Crippen LogP contribution in [0, 0.1) is 13.8 Å². The van der Waals surface area contributed by atoms with Crippen molar-refractivity contribution in [3.05, 3.63) is 89.5 Å². The van der Waals surface area contributed by atoms with Crippen molar-refractivity contribution in [3.63, 3.8) is 0 Å². The van der Waals surface area contributed by atoms with Gasteiger partial charge in [-0.1, -0.05) is 62.4 Å². The van der Waals surface area contributed by atoms with Gasteiger partial charge in [-0.2, -0.15) is 0 Å². The summed E-state index contributed by atoms with van der Waals surface area (Å²) < 4.78 is 28.0. The van der Waals surface area contributed by atoms with Gasteiger partial charge in [0.05, 0.1) is 10.6 Å². The minimum absolute atomic E-state index is 0.141. The standard InChI is InChI=1S/C25H28N2O3S/c1-18(2)21-13-15-22(16-14-21)27(31(29,30)23-11-6-5-7-12-23)17-24(28)26-25-19(3)9-8-10-20(25)4/h5-16,18H,17H2,1-4H3,(H,26,28). The number of rotatable bonds is 7. The van der Waals surface area contributed by atoms with Crippen molar-refractivity contribution in [2.24, 2.45) is 0 Å². The Morgan fingerprint density at radius 2 is 1.45 bits per heavy atom. The highest BCUT2D eigenvalue weighted by Gasteiger charge is 2.27. The number of carbonyl (C=O) groups is 1. The first-order valence-corrected chi connectivity index (χ1v) is 11.7. The summed E-state index contributed by atoms with van der Waals surface area (Å²) in [6.07, 6.45) is 0. The number of amides is 1. The molecule has 0 spiro atoms. The van der Waals surface area contributed by atoms with Gasteiger partial charge in [-0.05, 0) is 60.7 Å². The fourth-order valence-corrected chi connectivity index (χ4v) is 4.82. The molecule has 0 fully saturated rings. The zero-order valence-corrected chi connectivity index (χ0v) is 19.1. The maximum absolute atomic E-state index is 13.4. The number of hydrogen-bond acceptors (Lipinski definition) is 3. The topological polar surface area (TPSA) is 66.5 Å². The van der Waals surface area contributed by atoms with E-state index in [0.717, 1.165) is 21.0 Å². The molecule has 0 bridgehead atoms. The number of carbonyl (C=O) groups excluding carboxylic acids is 1. The molecule has 0 unspecified atom stereocenters. The highest BCUT2D eigenvalue weighted by molar-refractivity contribution is 7.92. The monoisotopic (exact) mass is 436 g/mol. The highest BCUT2D eigenvalue weighted by atomic mass is 32.2. The van der Waals surface area contributed by atoms with Crippen LogP contribution >= 0.6 is 0 Å². The highest BCUT2D eigenvalue weighted by Crippen LogP contribution is 2.26. The molecule has 0 aliphatic carbocycles. The molecule has 1 amide bonds. The lowest BCUT2D eigenvalue weighted by molar-refractivity contribution is -0.114. The quantitative estimate of drug-likeness (QED) is 0.549. The van der Waals surface area contributed by atoms with Gasteiger partial charge in [-0.25, -0.2) is 8.42 Å². The van der Waals surface area contributed by atoms with Gasteiger partial charge >= 0.3 is 0 Å². The van der Waals surface area contributed by atoms with Gasteiger partial charge in [0.1, 0.15) is 6.54 Å². The smallest absolute Gasteiger partial charge is 0.264 e. The van der Waals surface area contributed by atoms with Crippen LogP contribution in [0.1, 0.15) is 36.5 Å². The third kappa shape index (κ3) is 5.14. The fraction of sp³-hybridized carbons (Fsp3) is 0.240. The molecule has 0 radical (unpaired) electrons. The SMILES string of the molecule is Cc1cccc(C)c1NC(=O)CN(c1ccc(C(C)C)cc1)S(=O)(=O)c1ccccc1. The molecular weight excluding hydrogens is 408 g/mol. The second-order valence-electron chi connectivity index (χ2n) is 7.89. The minimum atomic E-state index is -3.92. The maximum atomic E-state index is 13.4. The molecule has 162 valence electrons. The van der Waals surface area contributed by atoms with Crippen LogP contribution in [0.25, 0.3) is 0 Å². The van der Waals surface area contributed by atoms with E-state index < -0.39 is 15.9 Å². The summed E-state index contributed by atoms with van der Waals surface area (Å²) in [4.78, 5) is 13.1. The van der Waals surface area contributed by atoms with Crippen molar-refractivity contribution in [2.45, 2.75) is 38.5 Å². The normalized spacial score (nSPS) is 11.4. The first-order valence-electron chi connectivity index (χ1n) is 10.2. The third-order valence-electron chi connectivity index (χ3n) is 5.21. The molecule has 3 aromatic carbocycles. The number of benzene rings is 3. The number of anilines is 2. The molecule has 31 heavy (non-hydrogen) atoms. The van der Waals surface area contributed by atoms with Crippen molar-refractivity contribution in [1.29, 1.82) is 0 Å². The number of sulfonamides is 1. The molecule has 3 aromatic rings. The molecule has 0 aromatic heterocycles. The largest absolute Gasteiger partial charge is 0.324 e. The van der Waals surface area contributed by atoms with E-state index in [1.54, 1.807) is 30.3 Å². The van der Waals surface area contributed by atoms with Crippen LogP contribution < -0.4 is 9.62 Å². The number of para-hydroxylation sites is 1. The summed E-state index contributed by atoms with van der Waals surface area (Å²) in [5.41, 5.74) is 4.10. The van der Waals surface area contributed by atoms with E-state index >= 15 is 0 Å². The summed E-state index contributed by atoms with van der Waals surface area (Å²) in [5, 5.41) is 2.89. The summed E-state index contributed by atoms with van der Waals surface area (Å²) in [5.74, 6) is -0.0783. The lowest BCUT2D eigenvalue weighted by Gasteiger charge is -2.25. The van der Waals surface area contributed by atoms with Crippen molar-refractivity contribution < 1.29 is 13.2 Å². The first kappa shape index (κ1) is 22.6. The molecule has 6 heteroatoms. The van der Waals surface area contributed by atoms with Crippen molar-refractivity contribution in [3.8, 4) is 0 Å². The van der Waals surface area contributed by atoms with Gasteiger partial charge in [-0.15, -0.1) is 0 Å². The van der Waals surface area contributed by atoms with E-state index in [2.05, 4.69) is 19.2 Å². The van der Waals surface area contributed by atoms with Gasteiger partial charge in [0.2, 0.25) is 5.91 Å². The van der Waals surface area contributed by atoms with Crippen LogP contribution in [0.5, 0.6) is 0 Å². The second-order valence-corrected chi connectivity index (χ2v) is 9.75. The van der Waals surface area contributed by atoms with E-state index in [1.165, 1.54) is 12.1 Å². The predicted molar refractivity (Wildman–Crippen MR) is 126 cm³/mol. The molecule has 5 nitrogen and oxygen atoms in total. The van der Waals surface area contributed by atoms with Crippen LogP contribution in [-0.4, -0.2) is 20.9 Å². The average Bonchev–Trinajstić information content (AvgIpc) is 2.75. The number of nitrogens with zero attached hydrogens (tertiary/aromatic N) is 1. The number of hydrogen-bond donors (Lipinski definition) is 1. The van der Waals surface area contributed by atoms with Crippen molar-refractivity contribution >= 4 is 27.3 Å². The molecule has 0 aliphatic rings. The van der Waals surface area contributed by atoms with E-state index in [1.807, 2.05) is 44.2 Å².